The van der Waals surface area contributed by atoms with Crippen LogP contribution in [0, 0.1) is 0 Å². The van der Waals surface area contributed by atoms with Gasteiger partial charge < -0.3 is 20.1 Å². The van der Waals surface area contributed by atoms with Crippen molar-refractivity contribution in [3.8, 4) is 5.75 Å². The zero-order chi connectivity index (χ0) is 12.8. The molecule has 0 aromatic heterocycles. The fourth-order valence-corrected chi connectivity index (χ4v) is 1.81. The smallest absolute Gasteiger partial charge is 0.226 e. The molecule has 0 radical (unpaired) electrons. The van der Waals surface area contributed by atoms with Gasteiger partial charge in [-0.3, -0.25) is 4.79 Å². The quantitative estimate of drug-likeness (QED) is 0.841. The van der Waals surface area contributed by atoms with Crippen LogP contribution < -0.4 is 15.4 Å². The van der Waals surface area contributed by atoms with Crippen molar-refractivity contribution in [2.75, 3.05) is 32.2 Å². The number of fused-ring (bicyclic) bond motifs is 1. The number of methoxy groups -OCH3 is 1. The summed E-state index contributed by atoms with van der Waals surface area (Å²) < 4.78 is 10.4. The Hall–Kier alpha value is -1.59. The van der Waals surface area contributed by atoms with E-state index in [-0.39, 0.29) is 5.91 Å². The molecule has 0 bridgehead atoms. The maximum atomic E-state index is 11.6. The van der Waals surface area contributed by atoms with Gasteiger partial charge in [-0.15, -0.1) is 0 Å². The summed E-state index contributed by atoms with van der Waals surface area (Å²) in [6.45, 7) is 2.70. The van der Waals surface area contributed by atoms with Crippen LogP contribution in [0.4, 0.5) is 5.69 Å². The fraction of sp³-hybridized carbons (Fsp3) is 0.462. The van der Waals surface area contributed by atoms with Gasteiger partial charge in [0.2, 0.25) is 5.91 Å². The minimum absolute atomic E-state index is 0.0423. The molecule has 1 aliphatic rings. The Morgan fingerprint density at radius 2 is 2.44 bits per heavy atom. The molecule has 18 heavy (non-hydrogen) atoms. The Balaban J connectivity index is 2.01. The average molecular weight is 250 g/mol. The van der Waals surface area contributed by atoms with Crippen LogP contribution in [0.1, 0.15) is 12.0 Å². The molecule has 5 nitrogen and oxygen atoms in total. The van der Waals surface area contributed by atoms with E-state index in [1.54, 1.807) is 7.11 Å². The number of carbonyl (C=O) groups is 1. The topological polar surface area (TPSA) is 59.6 Å². The van der Waals surface area contributed by atoms with E-state index in [0.717, 1.165) is 30.1 Å². The highest BCUT2D eigenvalue weighted by Gasteiger charge is 2.10. The summed E-state index contributed by atoms with van der Waals surface area (Å²) in [5.41, 5.74) is 1.86. The Labute approximate surface area is 106 Å². The monoisotopic (exact) mass is 250 g/mol. The van der Waals surface area contributed by atoms with Crippen molar-refractivity contribution in [3.05, 3.63) is 23.8 Å². The van der Waals surface area contributed by atoms with Crippen LogP contribution >= 0.6 is 0 Å². The summed E-state index contributed by atoms with van der Waals surface area (Å²) in [4.78, 5) is 11.6. The maximum Gasteiger partial charge on any atom is 0.226 e. The molecule has 2 rings (SSSR count). The molecule has 0 fully saturated rings. The number of anilines is 1. The van der Waals surface area contributed by atoms with Crippen molar-refractivity contribution < 1.29 is 14.3 Å². The first-order valence-electron chi connectivity index (χ1n) is 6.05. The molecule has 0 aliphatic carbocycles. The Kier molecular flexibility index (Phi) is 4.55. The summed E-state index contributed by atoms with van der Waals surface area (Å²) in [6.07, 6.45) is 0.363. The second-order valence-corrected chi connectivity index (χ2v) is 4.14. The normalized spacial score (nSPS) is 14.3. The van der Waals surface area contributed by atoms with Crippen molar-refractivity contribution in [2.24, 2.45) is 0 Å². The van der Waals surface area contributed by atoms with Gasteiger partial charge >= 0.3 is 0 Å². The number of hydrogen-bond donors (Lipinski definition) is 2. The molecule has 0 atom stereocenters. The molecule has 1 aliphatic heterocycles. The summed E-state index contributed by atoms with van der Waals surface area (Å²) in [5.74, 6) is 0.842. The van der Waals surface area contributed by atoms with Gasteiger partial charge in [-0.25, -0.2) is 0 Å². The maximum absolute atomic E-state index is 11.6. The molecule has 0 unspecified atom stereocenters. The first-order chi connectivity index (χ1) is 8.79. The van der Waals surface area contributed by atoms with Crippen LogP contribution in [-0.2, 0) is 16.1 Å². The van der Waals surface area contributed by atoms with Crippen LogP contribution in [0.15, 0.2) is 18.2 Å². The highest BCUT2D eigenvalue weighted by atomic mass is 16.5. The van der Waals surface area contributed by atoms with E-state index in [1.807, 2.05) is 18.2 Å². The van der Waals surface area contributed by atoms with Crippen LogP contribution in [0.2, 0.25) is 0 Å². The van der Waals surface area contributed by atoms with Crippen LogP contribution in [0.5, 0.6) is 5.75 Å². The van der Waals surface area contributed by atoms with E-state index in [0.29, 0.717) is 19.6 Å². The molecule has 2 N–H and O–H groups in total. The molecule has 0 saturated carbocycles. The Morgan fingerprint density at radius 1 is 1.56 bits per heavy atom. The van der Waals surface area contributed by atoms with Gasteiger partial charge in [-0.2, -0.15) is 0 Å². The second-order valence-electron chi connectivity index (χ2n) is 4.14. The number of hydrogen-bond acceptors (Lipinski definition) is 4. The predicted octanol–water partition coefficient (Wildman–Crippen LogP) is 1.14. The molecule has 0 spiro atoms. The summed E-state index contributed by atoms with van der Waals surface area (Å²) in [7, 11) is 1.58. The highest BCUT2D eigenvalue weighted by Crippen LogP contribution is 2.24. The van der Waals surface area contributed by atoms with Gasteiger partial charge in [-0.05, 0) is 18.2 Å². The van der Waals surface area contributed by atoms with Crippen LogP contribution in [-0.4, -0.2) is 32.8 Å². The van der Waals surface area contributed by atoms with E-state index >= 15 is 0 Å². The Bertz CT molecular complexity index is 421. The number of benzene rings is 1. The van der Waals surface area contributed by atoms with Crippen molar-refractivity contribution >= 4 is 11.6 Å². The van der Waals surface area contributed by atoms with E-state index < -0.39 is 0 Å². The van der Waals surface area contributed by atoms with Crippen LogP contribution in [0.25, 0.3) is 0 Å². The number of rotatable bonds is 4. The molecular weight excluding hydrogens is 232 g/mol. The number of carbonyl (C=O) groups excluding carboxylic acids is 1. The van der Waals surface area contributed by atoms with Gasteiger partial charge in [-0.1, -0.05) is 0 Å². The van der Waals surface area contributed by atoms with Gasteiger partial charge in [0.25, 0.3) is 0 Å². The Morgan fingerprint density at radius 3 is 3.28 bits per heavy atom. The largest absolute Gasteiger partial charge is 0.492 e. The second kappa shape index (κ2) is 6.37. The molecule has 1 heterocycles. The minimum Gasteiger partial charge on any atom is -0.492 e. The third kappa shape index (κ3) is 3.45. The zero-order valence-corrected chi connectivity index (χ0v) is 10.5. The zero-order valence-electron chi connectivity index (χ0n) is 10.5. The predicted molar refractivity (Wildman–Crippen MR) is 68.8 cm³/mol. The molecular formula is C13H18N2O3. The fourth-order valence-electron chi connectivity index (χ4n) is 1.81. The molecule has 1 aromatic carbocycles. The molecule has 98 valence electrons. The SMILES string of the molecule is COCCC(=O)Nc1ccc2c(c1)CNCCO2. The molecule has 0 saturated heterocycles. The number of ether oxygens (including phenoxy) is 2. The van der Waals surface area contributed by atoms with Gasteiger partial charge in [0.1, 0.15) is 12.4 Å². The molecule has 1 amide bonds. The standard InChI is InChI=1S/C13H18N2O3/c1-17-6-4-13(16)15-11-2-3-12-10(8-11)9-14-5-7-18-12/h2-3,8,14H,4-7,9H2,1H3,(H,15,16). The summed E-state index contributed by atoms with van der Waals surface area (Å²) in [5, 5.41) is 6.11. The van der Waals surface area contributed by atoms with Gasteiger partial charge in [0.05, 0.1) is 13.0 Å². The van der Waals surface area contributed by atoms with Crippen molar-refractivity contribution in [1.82, 2.24) is 5.32 Å². The molecule has 1 aromatic rings. The minimum atomic E-state index is -0.0423. The van der Waals surface area contributed by atoms with Crippen molar-refractivity contribution in [3.63, 3.8) is 0 Å². The van der Waals surface area contributed by atoms with Gasteiger partial charge in [0, 0.05) is 31.5 Å². The van der Waals surface area contributed by atoms with Crippen LogP contribution in [0.3, 0.4) is 0 Å². The van der Waals surface area contributed by atoms with Crippen molar-refractivity contribution in [2.45, 2.75) is 13.0 Å². The van der Waals surface area contributed by atoms with Gasteiger partial charge in [0.15, 0.2) is 0 Å². The number of nitrogens with one attached hydrogen (secondary N) is 2. The number of amides is 1. The summed E-state index contributed by atoms with van der Waals surface area (Å²) in [6, 6.07) is 5.70. The van der Waals surface area contributed by atoms with Crippen molar-refractivity contribution in [1.29, 1.82) is 0 Å². The average Bonchev–Trinajstić information content (AvgIpc) is 2.61. The van der Waals surface area contributed by atoms with E-state index in [9.17, 15) is 4.79 Å². The summed E-state index contributed by atoms with van der Waals surface area (Å²) >= 11 is 0. The van der Waals surface area contributed by atoms with E-state index in [4.69, 9.17) is 9.47 Å². The lowest BCUT2D eigenvalue weighted by Gasteiger charge is -2.10. The third-order valence-electron chi connectivity index (χ3n) is 2.73. The lowest BCUT2D eigenvalue weighted by Crippen LogP contribution is -2.16. The first-order valence-corrected chi connectivity index (χ1v) is 6.05. The molecule has 5 heteroatoms. The van der Waals surface area contributed by atoms with E-state index in [2.05, 4.69) is 10.6 Å². The lowest BCUT2D eigenvalue weighted by molar-refractivity contribution is -0.117. The van der Waals surface area contributed by atoms with E-state index in [1.165, 1.54) is 0 Å². The third-order valence-corrected chi connectivity index (χ3v) is 2.73. The lowest BCUT2D eigenvalue weighted by atomic mass is 10.1. The first kappa shape index (κ1) is 12.9. The highest BCUT2D eigenvalue weighted by molar-refractivity contribution is 5.90.